The van der Waals surface area contributed by atoms with Gasteiger partial charge in [0.05, 0.1) is 0 Å². The van der Waals surface area contributed by atoms with Crippen LogP contribution in [0, 0.1) is 5.82 Å². The third kappa shape index (κ3) is 3.22. The molecule has 0 unspecified atom stereocenters. The third-order valence-corrected chi connectivity index (χ3v) is 3.79. The van der Waals surface area contributed by atoms with E-state index in [9.17, 15) is 4.39 Å². The Morgan fingerprint density at radius 3 is 2.60 bits per heavy atom. The van der Waals surface area contributed by atoms with Crippen molar-refractivity contribution in [3.8, 4) is 0 Å². The number of rotatable bonds is 4. The maximum absolute atomic E-state index is 13.1. The second-order valence-electron chi connectivity index (χ2n) is 5.29. The summed E-state index contributed by atoms with van der Waals surface area (Å²) in [6, 6.07) is 13.3. The molecule has 0 amide bonds. The Balaban J connectivity index is 1.72. The quantitative estimate of drug-likeness (QED) is 0.498. The number of hydrogen-bond donors (Lipinski definition) is 3. The highest BCUT2D eigenvalue weighted by Gasteiger charge is 2.13. The van der Waals surface area contributed by atoms with E-state index >= 15 is 0 Å². The Labute approximate surface area is 147 Å². The molecule has 2 aromatic carbocycles. The van der Waals surface area contributed by atoms with Gasteiger partial charge in [0.1, 0.15) is 29.2 Å². The average molecular weight is 355 g/mol. The monoisotopic (exact) mass is 354 g/mol. The summed E-state index contributed by atoms with van der Waals surface area (Å²) in [5, 5.41) is 14.7. The highest BCUT2D eigenvalue weighted by atomic mass is 35.5. The van der Waals surface area contributed by atoms with Gasteiger partial charge in [-0.25, -0.2) is 14.4 Å². The molecular weight excluding hydrogens is 343 g/mol. The SMILES string of the molecule is Fc1ccc(Nc2[nH]nc3ncnc(Nc4cccc(Cl)c4)c23)cc1. The summed E-state index contributed by atoms with van der Waals surface area (Å²) in [6.07, 6.45) is 1.43. The first-order chi connectivity index (χ1) is 12.2. The first-order valence-electron chi connectivity index (χ1n) is 7.43. The molecule has 4 aromatic rings. The van der Waals surface area contributed by atoms with Gasteiger partial charge in [0.15, 0.2) is 5.65 Å². The predicted octanol–water partition coefficient (Wildman–Crippen LogP) is 4.63. The standard InChI is InChI=1S/C17H12ClFN6/c18-10-2-1-3-13(8-10)23-15-14-16(21-9-20-15)24-25-17(14)22-12-6-4-11(19)5-7-12/h1-9H,(H3,20,21,22,23,24,25). The van der Waals surface area contributed by atoms with E-state index in [0.29, 0.717) is 33.4 Å². The van der Waals surface area contributed by atoms with Crippen LogP contribution in [0.15, 0.2) is 54.9 Å². The lowest BCUT2D eigenvalue weighted by atomic mass is 10.2. The first-order valence-corrected chi connectivity index (χ1v) is 7.81. The Bertz CT molecular complexity index is 1030. The molecule has 0 aliphatic carbocycles. The molecule has 124 valence electrons. The molecule has 6 nitrogen and oxygen atoms in total. The minimum atomic E-state index is -0.299. The molecule has 3 N–H and O–H groups in total. The summed E-state index contributed by atoms with van der Waals surface area (Å²) in [4.78, 5) is 8.45. The summed E-state index contributed by atoms with van der Waals surface area (Å²) >= 11 is 6.03. The smallest absolute Gasteiger partial charge is 0.188 e. The molecule has 4 rings (SSSR count). The van der Waals surface area contributed by atoms with Gasteiger partial charge in [-0.1, -0.05) is 17.7 Å². The highest BCUT2D eigenvalue weighted by molar-refractivity contribution is 6.30. The lowest BCUT2D eigenvalue weighted by molar-refractivity contribution is 0.628. The van der Waals surface area contributed by atoms with E-state index in [1.807, 2.05) is 12.1 Å². The molecule has 0 aliphatic heterocycles. The molecule has 0 saturated heterocycles. The summed E-state index contributed by atoms with van der Waals surface area (Å²) < 4.78 is 13.1. The van der Waals surface area contributed by atoms with Crippen LogP contribution in [0.1, 0.15) is 0 Å². The molecule has 25 heavy (non-hydrogen) atoms. The Morgan fingerprint density at radius 2 is 1.80 bits per heavy atom. The second kappa shape index (κ2) is 6.37. The number of H-pyrrole nitrogens is 1. The lowest BCUT2D eigenvalue weighted by Crippen LogP contribution is -1.97. The zero-order chi connectivity index (χ0) is 17.2. The van der Waals surface area contributed by atoms with Crippen molar-refractivity contribution in [1.29, 1.82) is 0 Å². The van der Waals surface area contributed by atoms with E-state index in [1.165, 1.54) is 18.5 Å². The van der Waals surface area contributed by atoms with Crippen molar-refractivity contribution in [2.75, 3.05) is 10.6 Å². The summed E-state index contributed by atoms with van der Waals surface area (Å²) in [6.45, 7) is 0. The molecule has 0 radical (unpaired) electrons. The van der Waals surface area contributed by atoms with Crippen molar-refractivity contribution in [1.82, 2.24) is 20.2 Å². The lowest BCUT2D eigenvalue weighted by Gasteiger charge is -2.09. The largest absolute Gasteiger partial charge is 0.340 e. The summed E-state index contributed by atoms with van der Waals surface area (Å²) in [7, 11) is 0. The molecule has 2 heterocycles. The topological polar surface area (TPSA) is 78.5 Å². The highest BCUT2D eigenvalue weighted by Crippen LogP contribution is 2.30. The van der Waals surface area contributed by atoms with E-state index in [4.69, 9.17) is 11.6 Å². The van der Waals surface area contributed by atoms with E-state index in [1.54, 1.807) is 24.3 Å². The zero-order valence-electron chi connectivity index (χ0n) is 12.8. The second-order valence-corrected chi connectivity index (χ2v) is 5.72. The predicted molar refractivity (Wildman–Crippen MR) is 96.1 cm³/mol. The van der Waals surface area contributed by atoms with E-state index in [0.717, 1.165) is 5.69 Å². The van der Waals surface area contributed by atoms with Gasteiger partial charge >= 0.3 is 0 Å². The Morgan fingerprint density at radius 1 is 0.960 bits per heavy atom. The van der Waals surface area contributed by atoms with Crippen molar-refractivity contribution in [2.45, 2.75) is 0 Å². The van der Waals surface area contributed by atoms with Crippen molar-refractivity contribution >= 4 is 45.6 Å². The maximum atomic E-state index is 13.1. The number of aromatic amines is 1. The van der Waals surface area contributed by atoms with Crippen LogP contribution >= 0.6 is 11.6 Å². The van der Waals surface area contributed by atoms with Crippen LogP contribution < -0.4 is 10.6 Å². The van der Waals surface area contributed by atoms with Crippen LogP contribution in [-0.2, 0) is 0 Å². The van der Waals surface area contributed by atoms with Gasteiger partial charge in [0.2, 0.25) is 0 Å². The van der Waals surface area contributed by atoms with Gasteiger partial charge in [0.25, 0.3) is 0 Å². The number of halogens is 2. The molecule has 0 saturated carbocycles. The number of aromatic nitrogens is 4. The van der Waals surface area contributed by atoms with Crippen LogP contribution in [0.3, 0.4) is 0 Å². The number of nitrogens with zero attached hydrogens (tertiary/aromatic N) is 3. The molecular formula is C17H12ClFN6. The van der Waals surface area contributed by atoms with Crippen LogP contribution in [0.4, 0.5) is 27.4 Å². The minimum absolute atomic E-state index is 0.299. The van der Waals surface area contributed by atoms with Crippen LogP contribution in [0.5, 0.6) is 0 Å². The molecule has 0 atom stereocenters. The number of fused-ring (bicyclic) bond motifs is 1. The van der Waals surface area contributed by atoms with Crippen molar-refractivity contribution in [3.05, 3.63) is 65.7 Å². The molecule has 0 fully saturated rings. The van der Waals surface area contributed by atoms with Crippen molar-refractivity contribution in [2.24, 2.45) is 0 Å². The summed E-state index contributed by atoms with van der Waals surface area (Å²) in [5.41, 5.74) is 2.01. The van der Waals surface area contributed by atoms with Gasteiger partial charge in [-0.15, -0.1) is 0 Å². The van der Waals surface area contributed by atoms with Gasteiger partial charge in [0, 0.05) is 16.4 Å². The van der Waals surface area contributed by atoms with Gasteiger partial charge in [-0.3, -0.25) is 5.10 Å². The average Bonchev–Trinajstić information content (AvgIpc) is 3.01. The number of nitrogens with one attached hydrogen (secondary N) is 3. The Kier molecular flexibility index (Phi) is 3.91. The van der Waals surface area contributed by atoms with Crippen molar-refractivity contribution in [3.63, 3.8) is 0 Å². The normalized spacial score (nSPS) is 10.8. The van der Waals surface area contributed by atoms with Gasteiger partial charge in [-0.2, -0.15) is 5.10 Å². The number of hydrogen-bond acceptors (Lipinski definition) is 5. The maximum Gasteiger partial charge on any atom is 0.188 e. The van der Waals surface area contributed by atoms with E-state index in [-0.39, 0.29) is 5.82 Å². The third-order valence-electron chi connectivity index (χ3n) is 3.55. The summed E-state index contributed by atoms with van der Waals surface area (Å²) in [5.74, 6) is 0.879. The van der Waals surface area contributed by atoms with Crippen LogP contribution in [0.25, 0.3) is 11.0 Å². The molecule has 2 aromatic heterocycles. The molecule has 0 bridgehead atoms. The zero-order valence-corrected chi connectivity index (χ0v) is 13.5. The molecule has 0 spiro atoms. The van der Waals surface area contributed by atoms with Crippen molar-refractivity contribution < 1.29 is 4.39 Å². The van der Waals surface area contributed by atoms with E-state index < -0.39 is 0 Å². The fourth-order valence-electron chi connectivity index (χ4n) is 2.42. The number of anilines is 4. The molecule has 0 aliphatic rings. The van der Waals surface area contributed by atoms with E-state index in [2.05, 4.69) is 30.8 Å². The first kappa shape index (κ1) is 15.3. The number of benzene rings is 2. The Hall–Kier alpha value is -3.19. The van der Waals surface area contributed by atoms with Gasteiger partial charge < -0.3 is 10.6 Å². The van der Waals surface area contributed by atoms with Crippen LogP contribution in [-0.4, -0.2) is 20.2 Å². The fourth-order valence-corrected chi connectivity index (χ4v) is 2.61. The fraction of sp³-hybridized carbons (Fsp3) is 0. The molecule has 8 heteroatoms. The van der Waals surface area contributed by atoms with Gasteiger partial charge in [-0.05, 0) is 42.5 Å². The minimum Gasteiger partial charge on any atom is -0.340 e. The van der Waals surface area contributed by atoms with Crippen LogP contribution in [0.2, 0.25) is 5.02 Å².